The van der Waals surface area contributed by atoms with Gasteiger partial charge in [-0.15, -0.1) is 0 Å². The van der Waals surface area contributed by atoms with E-state index in [4.69, 9.17) is 26.8 Å². The van der Waals surface area contributed by atoms with Crippen molar-refractivity contribution in [2.24, 2.45) is 11.7 Å². The number of benzene rings is 1. The highest BCUT2D eigenvalue weighted by Gasteiger charge is 2.12. The fourth-order valence-electron chi connectivity index (χ4n) is 2.19. The summed E-state index contributed by atoms with van der Waals surface area (Å²) in [6.07, 6.45) is 2.96. The number of aryl methyl sites for hydroxylation is 1. The fourth-order valence-corrected chi connectivity index (χ4v) is 2.43. The molecule has 0 saturated heterocycles. The monoisotopic (exact) mass is 313 g/mol. The van der Waals surface area contributed by atoms with E-state index in [0.29, 0.717) is 29.9 Å². The molecule has 0 fully saturated rings. The molecule has 4 heteroatoms. The van der Waals surface area contributed by atoms with Crippen molar-refractivity contribution in [1.82, 2.24) is 0 Å². The highest BCUT2D eigenvalue weighted by molar-refractivity contribution is 6.32. The Hall–Kier alpha value is -0.930. The normalized spacial score (nSPS) is 12.5. The van der Waals surface area contributed by atoms with Gasteiger partial charge >= 0.3 is 0 Å². The average Bonchev–Trinajstić information content (AvgIpc) is 2.43. The molecule has 120 valence electrons. The second-order valence-electron chi connectivity index (χ2n) is 5.56. The van der Waals surface area contributed by atoms with Crippen LogP contribution in [-0.4, -0.2) is 19.3 Å². The maximum Gasteiger partial charge on any atom is 0.141 e. The van der Waals surface area contributed by atoms with Gasteiger partial charge in [0, 0.05) is 12.1 Å². The summed E-state index contributed by atoms with van der Waals surface area (Å²) in [7, 11) is 0. The van der Waals surface area contributed by atoms with Crippen molar-refractivity contribution >= 4 is 11.6 Å². The molecule has 0 amide bonds. The lowest BCUT2D eigenvalue weighted by Crippen LogP contribution is -2.26. The van der Waals surface area contributed by atoms with Crippen molar-refractivity contribution < 1.29 is 9.47 Å². The van der Waals surface area contributed by atoms with Gasteiger partial charge in [-0.1, -0.05) is 25.4 Å². The molecule has 1 aromatic carbocycles. The van der Waals surface area contributed by atoms with Crippen molar-refractivity contribution in [3.63, 3.8) is 0 Å². The maximum absolute atomic E-state index is 6.27. The molecule has 3 nitrogen and oxygen atoms in total. The van der Waals surface area contributed by atoms with E-state index in [9.17, 15) is 0 Å². The van der Waals surface area contributed by atoms with Crippen LogP contribution < -0.4 is 15.2 Å². The van der Waals surface area contributed by atoms with Gasteiger partial charge in [0.15, 0.2) is 0 Å². The van der Waals surface area contributed by atoms with Gasteiger partial charge in [-0.25, -0.2) is 0 Å². The summed E-state index contributed by atoms with van der Waals surface area (Å²) < 4.78 is 11.2. The van der Waals surface area contributed by atoms with Crippen LogP contribution in [0.4, 0.5) is 0 Å². The molecule has 0 aliphatic carbocycles. The molecule has 0 spiro atoms. The largest absolute Gasteiger partial charge is 0.493 e. The molecule has 0 aliphatic rings. The number of ether oxygens (including phenoxy) is 2. The molecule has 0 aliphatic heterocycles. The zero-order chi connectivity index (χ0) is 15.8. The molecular formula is C17H28ClNO2. The smallest absolute Gasteiger partial charge is 0.141 e. The lowest BCUT2D eigenvalue weighted by Gasteiger charge is -2.17. The second-order valence-corrected chi connectivity index (χ2v) is 5.96. The summed E-state index contributed by atoms with van der Waals surface area (Å²) in [5, 5.41) is 0.642. The molecule has 0 aromatic heterocycles. The van der Waals surface area contributed by atoms with Crippen LogP contribution >= 0.6 is 11.6 Å². The highest BCUT2D eigenvalue weighted by Crippen LogP contribution is 2.34. The van der Waals surface area contributed by atoms with E-state index in [1.807, 2.05) is 26.0 Å². The van der Waals surface area contributed by atoms with Crippen molar-refractivity contribution in [2.45, 2.75) is 53.0 Å². The van der Waals surface area contributed by atoms with E-state index < -0.39 is 0 Å². The average molecular weight is 314 g/mol. The zero-order valence-corrected chi connectivity index (χ0v) is 14.4. The molecule has 1 unspecified atom stereocenters. The van der Waals surface area contributed by atoms with Crippen molar-refractivity contribution in [3.8, 4) is 11.5 Å². The van der Waals surface area contributed by atoms with Gasteiger partial charge < -0.3 is 15.2 Å². The summed E-state index contributed by atoms with van der Waals surface area (Å²) in [5.41, 5.74) is 7.22. The van der Waals surface area contributed by atoms with E-state index in [2.05, 4.69) is 13.8 Å². The minimum Gasteiger partial charge on any atom is -0.493 e. The van der Waals surface area contributed by atoms with Crippen LogP contribution in [0.3, 0.4) is 0 Å². The van der Waals surface area contributed by atoms with Gasteiger partial charge in [-0.2, -0.15) is 0 Å². The van der Waals surface area contributed by atoms with E-state index in [-0.39, 0.29) is 6.04 Å². The van der Waals surface area contributed by atoms with Gasteiger partial charge in [0.1, 0.15) is 11.5 Å². The first kappa shape index (κ1) is 18.1. The van der Waals surface area contributed by atoms with Crippen molar-refractivity contribution in [2.75, 3.05) is 13.2 Å². The Labute approximate surface area is 133 Å². The number of hydrogen-bond donors (Lipinski definition) is 1. The number of nitrogens with two attached hydrogens (primary N) is 1. The first-order valence-electron chi connectivity index (χ1n) is 7.83. The topological polar surface area (TPSA) is 44.5 Å². The SMILES string of the molecule is CCOc1cc(OCC)c(CCCC(N)C(C)C)cc1Cl. The Kier molecular flexibility index (Phi) is 7.91. The van der Waals surface area contributed by atoms with E-state index in [1.165, 1.54) is 0 Å². The standard InChI is InChI=1S/C17H28ClNO2/c1-5-20-16-11-17(21-6-2)14(18)10-13(16)8-7-9-15(19)12(3)4/h10-12,15H,5-9,19H2,1-4H3. The molecular weight excluding hydrogens is 286 g/mol. The van der Waals surface area contributed by atoms with Crippen LogP contribution in [0.2, 0.25) is 5.02 Å². The van der Waals surface area contributed by atoms with Crippen molar-refractivity contribution in [3.05, 3.63) is 22.7 Å². The highest BCUT2D eigenvalue weighted by atomic mass is 35.5. The van der Waals surface area contributed by atoms with Gasteiger partial charge in [0.2, 0.25) is 0 Å². The van der Waals surface area contributed by atoms with Crippen LogP contribution in [0.25, 0.3) is 0 Å². The summed E-state index contributed by atoms with van der Waals surface area (Å²) in [6, 6.07) is 4.10. The third-order valence-corrected chi connectivity index (χ3v) is 3.85. The lowest BCUT2D eigenvalue weighted by atomic mass is 9.97. The summed E-state index contributed by atoms with van der Waals surface area (Å²) in [4.78, 5) is 0. The summed E-state index contributed by atoms with van der Waals surface area (Å²) in [5.74, 6) is 2.06. The van der Waals surface area contributed by atoms with Gasteiger partial charge in [0.25, 0.3) is 0 Å². The van der Waals surface area contributed by atoms with E-state index in [1.54, 1.807) is 0 Å². The van der Waals surface area contributed by atoms with Crippen LogP contribution in [-0.2, 0) is 6.42 Å². The second kappa shape index (κ2) is 9.16. The molecule has 21 heavy (non-hydrogen) atoms. The third-order valence-electron chi connectivity index (χ3n) is 3.55. The Bertz CT molecular complexity index is 435. The first-order chi connectivity index (χ1) is 9.99. The van der Waals surface area contributed by atoms with Crippen LogP contribution in [0, 0.1) is 5.92 Å². The molecule has 0 bridgehead atoms. The first-order valence-corrected chi connectivity index (χ1v) is 8.20. The quantitative estimate of drug-likeness (QED) is 0.733. The van der Waals surface area contributed by atoms with Gasteiger partial charge in [-0.3, -0.25) is 0 Å². The molecule has 0 heterocycles. The molecule has 0 saturated carbocycles. The zero-order valence-electron chi connectivity index (χ0n) is 13.6. The molecule has 2 N–H and O–H groups in total. The number of rotatable bonds is 9. The van der Waals surface area contributed by atoms with Crippen LogP contribution in [0.15, 0.2) is 12.1 Å². The Morgan fingerprint density at radius 1 is 1.10 bits per heavy atom. The lowest BCUT2D eigenvalue weighted by molar-refractivity contribution is 0.320. The number of halogens is 1. The maximum atomic E-state index is 6.27. The van der Waals surface area contributed by atoms with E-state index >= 15 is 0 Å². The molecule has 1 aromatic rings. The molecule has 1 rings (SSSR count). The molecule has 1 atom stereocenters. The van der Waals surface area contributed by atoms with Crippen LogP contribution in [0.1, 0.15) is 46.1 Å². The van der Waals surface area contributed by atoms with Crippen molar-refractivity contribution in [1.29, 1.82) is 0 Å². The minimum absolute atomic E-state index is 0.249. The fraction of sp³-hybridized carbons (Fsp3) is 0.647. The summed E-state index contributed by atoms with van der Waals surface area (Å²) >= 11 is 6.27. The Balaban J connectivity index is 2.77. The van der Waals surface area contributed by atoms with Gasteiger partial charge in [-0.05, 0) is 50.7 Å². The number of hydrogen-bond acceptors (Lipinski definition) is 3. The predicted molar refractivity (Wildman–Crippen MR) is 89.5 cm³/mol. The summed E-state index contributed by atoms with van der Waals surface area (Å²) in [6.45, 7) is 9.46. The van der Waals surface area contributed by atoms with Gasteiger partial charge in [0.05, 0.1) is 18.2 Å². The molecule has 0 radical (unpaired) electrons. The predicted octanol–water partition coefficient (Wildman–Crippen LogP) is 4.44. The minimum atomic E-state index is 0.249. The Morgan fingerprint density at radius 2 is 1.71 bits per heavy atom. The van der Waals surface area contributed by atoms with Crippen LogP contribution in [0.5, 0.6) is 11.5 Å². The third kappa shape index (κ3) is 5.76. The van der Waals surface area contributed by atoms with E-state index in [0.717, 1.165) is 30.6 Å². The Morgan fingerprint density at radius 3 is 2.29 bits per heavy atom.